The monoisotopic (exact) mass is 200 g/mol. The standard InChI is InChI=1S/C9H14O3.C2H6/c1-2-12-9(11)7-3-5-8(10)6-4-7;1-2/h7H,2-6H2,1H3;1-2H3. The zero-order chi connectivity index (χ0) is 11.0. The van der Waals surface area contributed by atoms with Gasteiger partial charge in [0.2, 0.25) is 0 Å². The van der Waals surface area contributed by atoms with Crippen LogP contribution in [0.5, 0.6) is 0 Å². The zero-order valence-corrected chi connectivity index (χ0v) is 9.34. The molecule has 0 spiro atoms. The van der Waals surface area contributed by atoms with E-state index in [4.69, 9.17) is 4.74 Å². The van der Waals surface area contributed by atoms with E-state index in [2.05, 4.69) is 0 Å². The van der Waals surface area contributed by atoms with Gasteiger partial charge in [0.25, 0.3) is 0 Å². The predicted octanol–water partition coefficient (Wildman–Crippen LogP) is 2.33. The highest BCUT2D eigenvalue weighted by molar-refractivity contribution is 5.82. The Hall–Kier alpha value is -0.860. The van der Waals surface area contributed by atoms with Crippen LogP contribution in [-0.2, 0) is 14.3 Å². The quantitative estimate of drug-likeness (QED) is 0.642. The van der Waals surface area contributed by atoms with Gasteiger partial charge >= 0.3 is 5.97 Å². The van der Waals surface area contributed by atoms with Gasteiger partial charge in [0.05, 0.1) is 12.5 Å². The maximum atomic E-state index is 11.2. The molecule has 0 aromatic rings. The highest BCUT2D eigenvalue weighted by atomic mass is 16.5. The molecule has 1 fully saturated rings. The summed E-state index contributed by atoms with van der Waals surface area (Å²) in [6, 6.07) is 0. The van der Waals surface area contributed by atoms with Crippen molar-refractivity contribution in [2.45, 2.75) is 46.5 Å². The van der Waals surface area contributed by atoms with Crippen molar-refractivity contribution in [2.24, 2.45) is 5.92 Å². The van der Waals surface area contributed by atoms with Crippen LogP contribution in [0, 0.1) is 5.92 Å². The Morgan fingerprint density at radius 1 is 1.36 bits per heavy atom. The third-order valence-electron chi connectivity index (χ3n) is 2.16. The van der Waals surface area contributed by atoms with Gasteiger partial charge in [-0.3, -0.25) is 9.59 Å². The first kappa shape index (κ1) is 13.1. The Balaban J connectivity index is 0.000000791. The molecule has 3 nitrogen and oxygen atoms in total. The molecule has 1 aliphatic carbocycles. The van der Waals surface area contributed by atoms with Crippen molar-refractivity contribution in [1.29, 1.82) is 0 Å². The summed E-state index contributed by atoms with van der Waals surface area (Å²) >= 11 is 0. The zero-order valence-electron chi connectivity index (χ0n) is 9.34. The van der Waals surface area contributed by atoms with E-state index < -0.39 is 0 Å². The van der Waals surface area contributed by atoms with Gasteiger partial charge in [-0.1, -0.05) is 13.8 Å². The molecule has 1 saturated carbocycles. The first-order valence-electron chi connectivity index (χ1n) is 5.42. The van der Waals surface area contributed by atoms with E-state index in [0.29, 0.717) is 32.3 Å². The van der Waals surface area contributed by atoms with E-state index >= 15 is 0 Å². The number of carbonyl (C=O) groups is 2. The highest BCUT2D eigenvalue weighted by Crippen LogP contribution is 2.22. The van der Waals surface area contributed by atoms with E-state index in [1.807, 2.05) is 13.8 Å². The molecule has 0 amide bonds. The highest BCUT2D eigenvalue weighted by Gasteiger charge is 2.25. The van der Waals surface area contributed by atoms with Crippen molar-refractivity contribution >= 4 is 11.8 Å². The van der Waals surface area contributed by atoms with E-state index in [-0.39, 0.29) is 17.7 Å². The van der Waals surface area contributed by atoms with Gasteiger partial charge in [-0.05, 0) is 19.8 Å². The Kier molecular flexibility index (Phi) is 7.07. The first-order chi connectivity index (χ1) is 6.74. The van der Waals surface area contributed by atoms with Gasteiger partial charge in [0, 0.05) is 12.8 Å². The number of Topliss-reactive ketones (excluding diaryl/α,β-unsaturated/α-hetero) is 1. The molecule has 0 heterocycles. The minimum absolute atomic E-state index is 0.0253. The molecule has 0 saturated heterocycles. The molecule has 0 aromatic heterocycles. The normalized spacial score (nSPS) is 16.9. The lowest BCUT2D eigenvalue weighted by Crippen LogP contribution is -2.23. The Morgan fingerprint density at radius 2 is 1.86 bits per heavy atom. The summed E-state index contributed by atoms with van der Waals surface area (Å²) in [6.45, 7) is 6.23. The average molecular weight is 200 g/mol. The number of esters is 1. The van der Waals surface area contributed by atoms with Gasteiger partial charge in [-0.15, -0.1) is 0 Å². The number of hydrogen-bond acceptors (Lipinski definition) is 3. The summed E-state index contributed by atoms with van der Waals surface area (Å²) < 4.78 is 4.87. The fraction of sp³-hybridized carbons (Fsp3) is 0.818. The number of carbonyl (C=O) groups excluding carboxylic acids is 2. The molecule has 0 aliphatic heterocycles. The molecule has 0 bridgehead atoms. The molecular formula is C11H20O3. The molecule has 14 heavy (non-hydrogen) atoms. The molecule has 1 aliphatic rings. The van der Waals surface area contributed by atoms with Crippen LogP contribution in [0.2, 0.25) is 0 Å². The van der Waals surface area contributed by atoms with Crippen LogP contribution in [0.25, 0.3) is 0 Å². The predicted molar refractivity (Wildman–Crippen MR) is 54.9 cm³/mol. The van der Waals surface area contributed by atoms with Crippen LogP contribution >= 0.6 is 0 Å². The van der Waals surface area contributed by atoms with Gasteiger partial charge in [0.15, 0.2) is 0 Å². The maximum Gasteiger partial charge on any atom is 0.308 e. The fourth-order valence-corrected chi connectivity index (χ4v) is 1.44. The van der Waals surface area contributed by atoms with E-state index in [1.54, 1.807) is 6.92 Å². The summed E-state index contributed by atoms with van der Waals surface area (Å²) in [6.07, 6.45) is 2.45. The van der Waals surface area contributed by atoms with Crippen LogP contribution in [-0.4, -0.2) is 18.4 Å². The van der Waals surface area contributed by atoms with E-state index in [1.165, 1.54) is 0 Å². The molecule has 0 radical (unpaired) electrons. The molecule has 1 rings (SSSR count). The molecule has 82 valence electrons. The molecule has 3 heteroatoms. The summed E-state index contributed by atoms with van der Waals surface area (Å²) in [5, 5.41) is 0. The summed E-state index contributed by atoms with van der Waals surface area (Å²) in [4.78, 5) is 22.0. The molecular weight excluding hydrogens is 180 g/mol. The van der Waals surface area contributed by atoms with Crippen molar-refractivity contribution in [2.75, 3.05) is 6.61 Å². The molecule has 0 unspecified atom stereocenters. The van der Waals surface area contributed by atoms with E-state index in [9.17, 15) is 9.59 Å². The van der Waals surface area contributed by atoms with Crippen molar-refractivity contribution in [1.82, 2.24) is 0 Å². The number of ketones is 1. The maximum absolute atomic E-state index is 11.2. The molecule has 0 aromatic carbocycles. The Morgan fingerprint density at radius 3 is 2.29 bits per heavy atom. The lowest BCUT2D eigenvalue weighted by atomic mass is 9.88. The van der Waals surface area contributed by atoms with Gasteiger partial charge < -0.3 is 4.74 Å². The van der Waals surface area contributed by atoms with Crippen molar-refractivity contribution in [3.63, 3.8) is 0 Å². The molecule has 0 N–H and O–H groups in total. The van der Waals surface area contributed by atoms with Gasteiger partial charge in [-0.25, -0.2) is 0 Å². The van der Waals surface area contributed by atoms with Crippen molar-refractivity contribution < 1.29 is 14.3 Å². The largest absolute Gasteiger partial charge is 0.466 e. The lowest BCUT2D eigenvalue weighted by molar-refractivity contribution is -0.149. The van der Waals surface area contributed by atoms with Crippen LogP contribution in [0.15, 0.2) is 0 Å². The van der Waals surface area contributed by atoms with Gasteiger partial charge in [-0.2, -0.15) is 0 Å². The van der Waals surface area contributed by atoms with Crippen LogP contribution in [0.3, 0.4) is 0 Å². The number of rotatable bonds is 2. The summed E-state index contributed by atoms with van der Waals surface area (Å²) in [5.41, 5.74) is 0. The average Bonchev–Trinajstić information content (AvgIpc) is 2.22. The first-order valence-corrected chi connectivity index (χ1v) is 5.42. The fourth-order valence-electron chi connectivity index (χ4n) is 1.44. The summed E-state index contributed by atoms with van der Waals surface area (Å²) in [5.74, 6) is 0.114. The second kappa shape index (κ2) is 7.54. The van der Waals surface area contributed by atoms with Gasteiger partial charge in [0.1, 0.15) is 5.78 Å². The topological polar surface area (TPSA) is 43.4 Å². The van der Waals surface area contributed by atoms with Crippen LogP contribution < -0.4 is 0 Å². The Bertz CT molecular complexity index is 177. The second-order valence-corrected chi connectivity index (χ2v) is 3.06. The lowest BCUT2D eigenvalue weighted by Gasteiger charge is -2.18. The van der Waals surface area contributed by atoms with Crippen molar-refractivity contribution in [3.8, 4) is 0 Å². The minimum Gasteiger partial charge on any atom is -0.466 e. The number of ether oxygens (including phenoxy) is 1. The van der Waals surface area contributed by atoms with Crippen LogP contribution in [0.4, 0.5) is 0 Å². The minimum atomic E-state index is -0.134. The molecule has 0 atom stereocenters. The number of hydrogen-bond donors (Lipinski definition) is 0. The SMILES string of the molecule is CC.CCOC(=O)C1CCC(=O)CC1. The summed E-state index contributed by atoms with van der Waals surface area (Å²) in [7, 11) is 0. The third kappa shape index (κ3) is 4.40. The van der Waals surface area contributed by atoms with Crippen molar-refractivity contribution in [3.05, 3.63) is 0 Å². The smallest absolute Gasteiger partial charge is 0.308 e. The second-order valence-electron chi connectivity index (χ2n) is 3.06. The van der Waals surface area contributed by atoms with E-state index in [0.717, 1.165) is 0 Å². The third-order valence-corrected chi connectivity index (χ3v) is 2.16. The Labute approximate surface area is 85.8 Å². The van der Waals surface area contributed by atoms with Crippen LogP contribution in [0.1, 0.15) is 46.5 Å².